The van der Waals surface area contributed by atoms with E-state index in [4.69, 9.17) is 0 Å². The van der Waals surface area contributed by atoms with E-state index >= 15 is 0 Å². The van der Waals surface area contributed by atoms with Gasteiger partial charge >= 0.3 is 5.82 Å². The van der Waals surface area contributed by atoms with Gasteiger partial charge in [-0.1, -0.05) is 0 Å². The Bertz CT molecular complexity index is 521. The zero-order valence-electron chi connectivity index (χ0n) is 11.3. The predicted octanol–water partition coefficient (Wildman–Crippen LogP) is 0.757. The number of carbonyl (C=O) groups is 1. The second-order valence-corrected chi connectivity index (χ2v) is 5.34. The number of hydrogen-bond donors (Lipinski definition) is 1. The van der Waals surface area contributed by atoms with Gasteiger partial charge in [-0.05, 0) is 24.8 Å². The number of nitrogens with one attached hydrogen (secondary N) is 1. The fourth-order valence-electron chi connectivity index (χ4n) is 2.40. The second kappa shape index (κ2) is 4.65. The first kappa shape index (κ1) is 13.5. The highest BCUT2D eigenvalue weighted by Gasteiger charge is 2.36. The van der Waals surface area contributed by atoms with E-state index < -0.39 is 4.92 Å². The number of carbonyl (C=O) groups excluding carboxylic acids is 1. The van der Waals surface area contributed by atoms with Gasteiger partial charge in [0.2, 0.25) is 0 Å². The summed E-state index contributed by atoms with van der Waals surface area (Å²) in [7, 11) is 1.54. The Balaban J connectivity index is 2.31. The molecule has 0 spiro atoms. The van der Waals surface area contributed by atoms with E-state index in [9.17, 15) is 14.9 Å². The first-order valence-electron chi connectivity index (χ1n) is 6.17. The van der Waals surface area contributed by atoms with Crippen LogP contribution in [-0.2, 0) is 7.05 Å². The molecule has 1 N–H and O–H groups in total. The van der Waals surface area contributed by atoms with Gasteiger partial charge in [-0.25, -0.2) is 4.57 Å². The van der Waals surface area contributed by atoms with E-state index in [1.807, 2.05) is 13.8 Å². The lowest BCUT2D eigenvalue weighted by Gasteiger charge is -2.42. The lowest BCUT2D eigenvalue weighted by molar-refractivity contribution is -0.391. The van der Waals surface area contributed by atoms with Crippen LogP contribution in [0, 0.1) is 10.1 Å². The van der Waals surface area contributed by atoms with Gasteiger partial charge < -0.3 is 20.3 Å². The number of aromatic nitrogens is 1. The highest BCUT2D eigenvalue weighted by atomic mass is 16.6. The smallest absolute Gasteiger partial charge is 0.323 e. The fourth-order valence-corrected chi connectivity index (χ4v) is 2.40. The Kier molecular flexibility index (Phi) is 3.32. The van der Waals surface area contributed by atoms with Gasteiger partial charge in [-0.3, -0.25) is 4.79 Å². The van der Waals surface area contributed by atoms with Gasteiger partial charge in [0.05, 0.1) is 12.6 Å². The van der Waals surface area contributed by atoms with Crippen LogP contribution < -0.4 is 5.32 Å². The Morgan fingerprint density at radius 3 is 2.68 bits per heavy atom. The number of nitrogens with zero attached hydrogens (tertiary/aromatic N) is 3. The molecular formula is C12H18N4O3. The minimum absolute atomic E-state index is 0.0729. The molecule has 1 saturated heterocycles. The van der Waals surface area contributed by atoms with Crippen molar-refractivity contribution in [2.75, 3.05) is 19.6 Å². The maximum atomic E-state index is 12.5. The van der Waals surface area contributed by atoms with Crippen molar-refractivity contribution in [3.05, 3.63) is 27.9 Å². The summed E-state index contributed by atoms with van der Waals surface area (Å²) in [5.74, 6) is -0.238. The molecule has 1 fully saturated rings. The molecule has 0 aliphatic carbocycles. The summed E-state index contributed by atoms with van der Waals surface area (Å²) in [6.07, 6.45) is 0. The molecule has 1 aliphatic rings. The van der Waals surface area contributed by atoms with Gasteiger partial charge in [0.25, 0.3) is 5.91 Å². The van der Waals surface area contributed by atoms with E-state index in [0.717, 1.165) is 6.54 Å². The van der Waals surface area contributed by atoms with E-state index in [1.165, 1.54) is 16.7 Å². The van der Waals surface area contributed by atoms with E-state index in [2.05, 4.69) is 5.32 Å². The third kappa shape index (κ3) is 2.33. The Labute approximate surface area is 111 Å². The maximum Gasteiger partial charge on any atom is 0.323 e. The minimum atomic E-state index is -0.486. The zero-order valence-corrected chi connectivity index (χ0v) is 11.3. The Morgan fingerprint density at radius 1 is 1.47 bits per heavy atom. The predicted molar refractivity (Wildman–Crippen MR) is 70.1 cm³/mol. The molecule has 19 heavy (non-hydrogen) atoms. The van der Waals surface area contributed by atoms with Crippen molar-refractivity contribution in [1.29, 1.82) is 0 Å². The van der Waals surface area contributed by atoms with Crippen molar-refractivity contribution < 1.29 is 9.72 Å². The normalized spacial score (nSPS) is 18.4. The third-order valence-electron chi connectivity index (χ3n) is 3.55. The zero-order chi connectivity index (χ0) is 14.2. The van der Waals surface area contributed by atoms with Crippen molar-refractivity contribution in [1.82, 2.24) is 14.8 Å². The SMILES string of the molecule is Cn1c(C(=O)N2CCNCC2(C)C)ccc1[N+](=O)[O-]. The molecule has 7 heteroatoms. The molecule has 0 unspecified atom stereocenters. The fraction of sp³-hybridized carbons (Fsp3) is 0.583. The van der Waals surface area contributed by atoms with Gasteiger partial charge in [0.1, 0.15) is 0 Å². The number of amides is 1. The van der Waals surface area contributed by atoms with Gasteiger partial charge in [0.15, 0.2) is 5.69 Å². The first-order valence-corrected chi connectivity index (χ1v) is 6.17. The summed E-state index contributed by atoms with van der Waals surface area (Å²) in [4.78, 5) is 24.6. The second-order valence-electron chi connectivity index (χ2n) is 5.34. The summed E-state index contributed by atoms with van der Waals surface area (Å²) in [6.45, 7) is 6.01. The van der Waals surface area contributed by atoms with Crippen LogP contribution in [0.5, 0.6) is 0 Å². The summed E-state index contributed by atoms with van der Waals surface area (Å²) in [5, 5.41) is 14.1. The number of nitro groups is 1. The first-order chi connectivity index (χ1) is 8.84. The van der Waals surface area contributed by atoms with Gasteiger partial charge in [0, 0.05) is 25.7 Å². The molecule has 0 atom stereocenters. The molecule has 1 aromatic heterocycles. The average molecular weight is 266 g/mol. The third-order valence-corrected chi connectivity index (χ3v) is 3.55. The van der Waals surface area contributed by atoms with E-state index in [1.54, 1.807) is 11.9 Å². The molecule has 1 amide bonds. The molecule has 1 aliphatic heterocycles. The molecular weight excluding hydrogens is 248 g/mol. The van der Waals surface area contributed by atoms with Crippen molar-refractivity contribution in [2.24, 2.45) is 7.05 Å². The van der Waals surface area contributed by atoms with Crippen LogP contribution in [0.25, 0.3) is 0 Å². The average Bonchev–Trinajstić information content (AvgIpc) is 2.70. The van der Waals surface area contributed by atoms with Crippen LogP contribution in [0.1, 0.15) is 24.3 Å². The van der Waals surface area contributed by atoms with Crippen molar-refractivity contribution in [3.63, 3.8) is 0 Å². The lowest BCUT2D eigenvalue weighted by atomic mass is 9.99. The van der Waals surface area contributed by atoms with Crippen LogP contribution in [0.2, 0.25) is 0 Å². The Morgan fingerprint density at radius 2 is 2.16 bits per heavy atom. The number of hydrogen-bond acceptors (Lipinski definition) is 4. The molecule has 0 bridgehead atoms. The van der Waals surface area contributed by atoms with E-state index in [0.29, 0.717) is 18.8 Å². The number of rotatable bonds is 2. The Hall–Kier alpha value is -1.89. The molecule has 2 rings (SSSR count). The standard InChI is InChI=1S/C12H18N4O3/c1-12(2)8-13-6-7-15(12)11(17)9-4-5-10(14(9)3)16(18)19/h4-5,13H,6-8H2,1-3H3. The molecule has 0 aromatic carbocycles. The van der Waals surface area contributed by atoms with E-state index in [-0.39, 0.29) is 17.3 Å². The van der Waals surface area contributed by atoms with Crippen LogP contribution in [0.4, 0.5) is 5.82 Å². The van der Waals surface area contributed by atoms with Crippen LogP contribution in [-0.4, -0.2) is 45.5 Å². The highest BCUT2D eigenvalue weighted by molar-refractivity contribution is 5.94. The topological polar surface area (TPSA) is 80.4 Å². The van der Waals surface area contributed by atoms with Crippen molar-refractivity contribution in [2.45, 2.75) is 19.4 Å². The van der Waals surface area contributed by atoms with Crippen molar-refractivity contribution >= 4 is 11.7 Å². The highest BCUT2D eigenvalue weighted by Crippen LogP contribution is 2.22. The molecule has 0 radical (unpaired) electrons. The van der Waals surface area contributed by atoms with Crippen molar-refractivity contribution in [3.8, 4) is 0 Å². The number of piperazine rings is 1. The van der Waals surface area contributed by atoms with Crippen LogP contribution in [0.3, 0.4) is 0 Å². The largest absolute Gasteiger partial charge is 0.358 e. The van der Waals surface area contributed by atoms with Crippen LogP contribution in [0.15, 0.2) is 12.1 Å². The maximum absolute atomic E-state index is 12.5. The summed E-state index contributed by atoms with van der Waals surface area (Å²) in [6, 6.07) is 2.88. The molecule has 0 saturated carbocycles. The molecule has 1 aromatic rings. The summed E-state index contributed by atoms with van der Waals surface area (Å²) < 4.78 is 1.33. The van der Waals surface area contributed by atoms with Gasteiger partial charge in [-0.15, -0.1) is 0 Å². The molecule has 2 heterocycles. The summed E-state index contributed by atoms with van der Waals surface area (Å²) >= 11 is 0. The molecule has 104 valence electrons. The lowest BCUT2D eigenvalue weighted by Crippen LogP contribution is -2.60. The van der Waals surface area contributed by atoms with Crippen LogP contribution >= 0.6 is 0 Å². The quantitative estimate of drug-likeness (QED) is 0.633. The summed E-state index contributed by atoms with van der Waals surface area (Å²) in [5.41, 5.74) is 0.0515. The molecule has 7 nitrogen and oxygen atoms in total. The monoisotopic (exact) mass is 266 g/mol. The van der Waals surface area contributed by atoms with Gasteiger partial charge in [-0.2, -0.15) is 0 Å². The minimum Gasteiger partial charge on any atom is -0.358 e.